The molecule has 0 unspecified atom stereocenters. The molecular weight excluding hydrogens is 824 g/mol. The van der Waals surface area contributed by atoms with Crippen molar-refractivity contribution in [3.05, 3.63) is 0 Å². The normalized spacial score (nSPS) is 22.9. The SMILES string of the molecule is CC(=O)NCC(=O)N[C@@H](CO)C(=O)N[C@@H](CO)C(=O)N[C@@H](CO[C@H]1O[C@H](CO)[C@H](O)[C@H](O)[C@H]1NC(C)=O)C(=O)NCC(=O)N[C@@H](CO)C(=O)N1CCC[C@H]1C(=O)NCC(N)=O. The maximum Gasteiger partial charge on any atom is 0.248 e. The quantitative estimate of drug-likeness (QED) is 0.0453. The first-order chi connectivity index (χ1) is 28.8. The molecule has 0 aromatic heterocycles. The monoisotopic (exact) mass is 878 g/mol. The van der Waals surface area contributed by atoms with E-state index in [4.69, 9.17) is 15.2 Å². The lowest BCUT2D eigenvalue weighted by atomic mass is 9.97. The number of hydrogen-bond donors (Lipinski definition) is 15. The lowest BCUT2D eigenvalue weighted by molar-refractivity contribution is -0.271. The fourth-order valence-electron chi connectivity index (χ4n) is 5.89. The molecule has 61 heavy (non-hydrogen) atoms. The number of ether oxygens (including phenoxy) is 2. The minimum atomic E-state index is -1.89. The Kier molecular flexibility index (Phi) is 21.3. The molecule has 0 saturated carbocycles. The highest BCUT2D eigenvalue weighted by molar-refractivity contribution is 5.97. The van der Waals surface area contributed by atoms with E-state index in [9.17, 15) is 78.6 Å². The van der Waals surface area contributed by atoms with Gasteiger partial charge in [0, 0.05) is 20.4 Å². The van der Waals surface area contributed by atoms with Gasteiger partial charge < -0.3 is 93.3 Å². The summed E-state index contributed by atoms with van der Waals surface area (Å²) in [4.78, 5) is 126. The van der Waals surface area contributed by atoms with Crippen molar-refractivity contribution in [1.29, 1.82) is 0 Å². The van der Waals surface area contributed by atoms with Gasteiger partial charge in [-0.1, -0.05) is 0 Å². The molecular formula is C33H54N10O18. The van der Waals surface area contributed by atoms with Crippen LogP contribution in [0.3, 0.4) is 0 Å². The molecule has 2 saturated heterocycles. The zero-order valence-corrected chi connectivity index (χ0v) is 33.2. The zero-order chi connectivity index (χ0) is 46.0. The smallest absolute Gasteiger partial charge is 0.248 e. The van der Waals surface area contributed by atoms with Crippen LogP contribution in [0.4, 0.5) is 0 Å². The maximum atomic E-state index is 13.5. The number of rotatable bonds is 23. The van der Waals surface area contributed by atoms with E-state index in [1.165, 1.54) is 0 Å². The zero-order valence-electron chi connectivity index (χ0n) is 33.2. The van der Waals surface area contributed by atoms with Crippen LogP contribution in [0, 0.1) is 0 Å². The number of carbonyl (C=O) groups excluding carboxylic acids is 10. The van der Waals surface area contributed by atoms with Crippen molar-refractivity contribution in [3.63, 3.8) is 0 Å². The second kappa shape index (κ2) is 25.2. The first-order valence-corrected chi connectivity index (χ1v) is 18.7. The number of nitrogens with two attached hydrogens (primary N) is 1. The number of likely N-dealkylation sites (tertiary alicyclic amines) is 1. The summed E-state index contributed by atoms with van der Waals surface area (Å²) in [6.45, 7) is -4.64. The van der Waals surface area contributed by atoms with E-state index in [-0.39, 0.29) is 13.0 Å². The average Bonchev–Trinajstić information content (AvgIpc) is 3.72. The van der Waals surface area contributed by atoms with Crippen molar-refractivity contribution >= 4 is 59.1 Å². The number of primary amides is 1. The van der Waals surface area contributed by atoms with Gasteiger partial charge in [-0.25, -0.2) is 0 Å². The summed E-state index contributed by atoms with van der Waals surface area (Å²) < 4.78 is 11.1. The topological polar surface area (TPSA) is 436 Å². The standard InChI is InChI=1S/C33H54N10O18/c1-14(48)35-7-23(51)39-16(9-44)29(56)41-17(10-45)30(57)42-19(13-60-33-25(38-15(2)49)27(54)26(53)21(12-47)61-33)28(55)37-8-24(52)40-18(11-46)32(59)43-5-3-4-20(43)31(58)36-6-22(34)50/h16-21,25-27,33,44-47,53-54H,3-13H2,1-2H3,(H2,34,50)(H,35,48)(H,36,58)(H,37,55)(H,38,49)(H,39,51)(H,40,52)(H,41,56)(H,42,57)/t16-,17-,18-,19-,20-,21+,25+,26-,27+,33-/m0/s1. The molecule has 0 aromatic carbocycles. The Labute approximate surface area is 347 Å². The predicted octanol–water partition coefficient (Wildman–Crippen LogP) is -11.3. The van der Waals surface area contributed by atoms with Gasteiger partial charge in [0.2, 0.25) is 59.1 Å². The molecule has 2 aliphatic rings. The first-order valence-electron chi connectivity index (χ1n) is 18.7. The molecule has 10 atom stereocenters. The number of nitrogens with zero attached hydrogens (tertiary/aromatic N) is 1. The highest BCUT2D eigenvalue weighted by Gasteiger charge is 2.46. The molecule has 28 nitrogen and oxygen atoms in total. The van der Waals surface area contributed by atoms with Crippen LogP contribution in [0.15, 0.2) is 0 Å². The molecule has 28 heteroatoms. The second-order valence-corrected chi connectivity index (χ2v) is 13.7. The number of aliphatic hydroxyl groups excluding tert-OH is 6. The van der Waals surface area contributed by atoms with Gasteiger partial charge in [-0.15, -0.1) is 0 Å². The van der Waals surface area contributed by atoms with Crippen LogP contribution in [0.1, 0.15) is 26.7 Å². The summed E-state index contributed by atoms with van der Waals surface area (Å²) in [7, 11) is 0. The summed E-state index contributed by atoms with van der Waals surface area (Å²) in [5.74, 6) is -9.39. The predicted molar refractivity (Wildman–Crippen MR) is 199 cm³/mol. The van der Waals surface area contributed by atoms with Crippen molar-refractivity contribution in [2.45, 2.75) is 87.5 Å². The third kappa shape index (κ3) is 16.1. The minimum absolute atomic E-state index is 0.0592. The molecule has 2 aliphatic heterocycles. The van der Waals surface area contributed by atoms with Gasteiger partial charge in [0.15, 0.2) is 6.29 Å². The number of nitrogens with one attached hydrogen (secondary N) is 8. The van der Waals surface area contributed by atoms with Gasteiger partial charge in [0.05, 0.1) is 52.7 Å². The third-order valence-electron chi connectivity index (χ3n) is 8.97. The fourth-order valence-corrected chi connectivity index (χ4v) is 5.89. The molecule has 0 radical (unpaired) electrons. The van der Waals surface area contributed by atoms with Crippen LogP contribution in [0.25, 0.3) is 0 Å². The first kappa shape index (κ1) is 51.5. The number of hydrogen-bond acceptors (Lipinski definition) is 18. The van der Waals surface area contributed by atoms with Crippen LogP contribution in [0.5, 0.6) is 0 Å². The van der Waals surface area contributed by atoms with Crippen molar-refractivity contribution in [2.75, 3.05) is 59.2 Å². The van der Waals surface area contributed by atoms with E-state index in [0.29, 0.717) is 6.42 Å². The molecule has 2 rings (SSSR count). The van der Waals surface area contributed by atoms with Crippen LogP contribution in [-0.2, 0) is 57.4 Å². The Morgan fingerprint density at radius 3 is 1.80 bits per heavy atom. The molecule has 16 N–H and O–H groups in total. The van der Waals surface area contributed by atoms with Crippen molar-refractivity contribution in [2.24, 2.45) is 5.73 Å². The van der Waals surface area contributed by atoms with Crippen LogP contribution < -0.4 is 48.3 Å². The number of carbonyl (C=O) groups is 10. The summed E-state index contributed by atoms with van der Waals surface area (Å²) in [5, 5.41) is 77.6. The van der Waals surface area contributed by atoms with Crippen molar-refractivity contribution in [3.8, 4) is 0 Å². The van der Waals surface area contributed by atoms with Gasteiger partial charge in [-0.3, -0.25) is 47.9 Å². The van der Waals surface area contributed by atoms with E-state index in [1.54, 1.807) is 0 Å². The maximum absolute atomic E-state index is 13.5. The Balaban J connectivity index is 2.25. The van der Waals surface area contributed by atoms with Gasteiger partial charge in [0.1, 0.15) is 54.6 Å². The Morgan fingerprint density at radius 2 is 1.26 bits per heavy atom. The van der Waals surface area contributed by atoms with E-state index in [2.05, 4.69) is 42.5 Å². The van der Waals surface area contributed by atoms with Crippen LogP contribution in [-0.4, -0.2) is 215 Å². The van der Waals surface area contributed by atoms with Crippen molar-refractivity contribution < 1.29 is 88.1 Å². The Morgan fingerprint density at radius 1 is 0.705 bits per heavy atom. The summed E-state index contributed by atoms with van der Waals surface area (Å²) in [5.41, 5.74) is 5.05. The lowest BCUT2D eigenvalue weighted by Gasteiger charge is -2.42. The van der Waals surface area contributed by atoms with Crippen LogP contribution in [0.2, 0.25) is 0 Å². The fraction of sp³-hybridized carbons (Fsp3) is 0.697. The summed E-state index contributed by atoms with van der Waals surface area (Å²) >= 11 is 0. The highest BCUT2D eigenvalue weighted by Crippen LogP contribution is 2.23. The lowest BCUT2D eigenvalue weighted by Crippen LogP contribution is -2.65. The van der Waals surface area contributed by atoms with E-state index in [0.717, 1.165) is 18.7 Å². The molecule has 10 amide bonds. The largest absolute Gasteiger partial charge is 0.394 e. The summed E-state index contributed by atoms with van der Waals surface area (Å²) in [6.07, 6.45) is -6.13. The van der Waals surface area contributed by atoms with Crippen LogP contribution >= 0.6 is 0 Å². The second-order valence-electron chi connectivity index (χ2n) is 13.7. The summed E-state index contributed by atoms with van der Waals surface area (Å²) in [6, 6.07) is -9.65. The molecule has 2 heterocycles. The van der Waals surface area contributed by atoms with Gasteiger partial charge in [-0.05, 0) is 12.8 Å². The Bertz CT molecular complexity index is 1600. The van der Waals surface area contributed by atoms with E-state index < -0.39 is 173 Å². The average molecular weight is 879 g/mol. The van der Waals surface area contributed by atoms with E-state index in [1.807, 2.05) is 0 Å². The minimum Gasteiger partial charge on any atom is -0.394 e. The Hall–Kier alpha value is -5.62. The van der Waals surface area contributed by atoms with E-state index >= 15 is 0 Å². The highest BCUT2D eigenvalue weighted by atomic mass is 16.7. The molecule has 0 aliphatic carbocycles. The third-order valence-corrected chi connectivity index (χ3v) is 8.97. The number of aliphatic hydroxyl groups is 6. The molecule has 344 valence electrons. The van der Waals surface area contributed by atoms with Gasteiger partial charge in [-0.2, -0.15) is 0 Å². The van der Waals surface area contributed by atoms with Gasteiger partial charge in [0.25, 0.3) is 0 Å². The van der Waals surface area contributed by atoms with Gasteiger partial charge >= 0.3 is 0 Å². The number of amides is 10. The molecule has 0 bridgehead atoms. The molecule has 2 fully saturated rings. The molecule has 0 aromatic rings. The van der Waals surface area contributed by atoms with Crippen molar-refractivity contribution in [1.82, 2.24) is 47.4 Å². The molecule has 0 spiro atoms.